The van der Waals surface area contributed by atoms with Crippen LogP contribution in [0.1, 0.15) is 43.7 Å². The minimum atomic E-state index is 0.443. The summed E-state index contributed by atoms with van der Waals surface area (Å²) < 4.78 is 0. The molecule has 2 heteroatoms. The topological polar surface area (TPSA) is 32.3 Å². The molecule has 88 valence electrons. The van der Waals surface area contributed by atoms with E-state index >= 15 is 0 Å². The molecule has 16 heavy (non-hydrogen) atoms. The lowest BCUT2D eigenvalue weighted by Crippen LogP contribution is -2.23. The highest BCUT2D eigenvalue weighted by molar-refractivity contribution is 5.38. The van der Waals surface area contributed by atoms with Crippen LogP contribution >= 0.6 is 0 Å². The SMILES string of the molecule is CC(C)c1ccc(O)c(CC2CCCN2)c1. The molecular weight excluding hydrogens is 198 g/mol. The van der Waals surface area contributed by atoms with E-state index in [-0.39, 0.29) is 0 Å². The van der Waals surface area contributed by atoms with Gasteiger partial charge < -0.3 is 10.4 Å². The summed E-state index contributed by atoms with van der Waals surface area (Å²) in [7, 11) is 0. The highest BCUT2D eigenvalue weighted by atomic mass is 16.3. The van der Waals surface area contributed by atoms with Gasteiger partial charge >= 0.3 is 0 Å². The predicted molar refractivity (Wildman–Crippen MR) is 66.9 cm³/mol. The maximum atomic E-state index is 9.85. The smallest absolute Gasteiger partial charge is 0.118 e. The number of rotatable bonds is 3. The van der Waals surface area contributed by atoms with E-state index in [1.807, 2.05) is 12.1 Å². The quantitative estimate of drug-likeness (QED) is 0.819. The fourth-order valence-corrected chi connectivity index (χ4v) is 2.32. The molecule has 1 fully saturated rings. The lowest BCUT2D eigenvalue weighted by atomic mass is 9.96. The summed E-state index contributed by atoms with van der Waals surface area (Å²) in [4.78, 5) is 0. The standard InChI is InChI=1S/C14H21NO/c1-10(2)11-5-6-14(16)12(8-11)9-13-4-3-7-15-13/h5-6,8,10,13,15-16H,3-4,7,9H2,1-2H3. The van der Waals surface area contributed by atoms with Gasteiger partial charge in [-0.15, -0.1) is 0 Å². The van der Waals surface area contributed by atoms with Crippen LogP contribution in [-0.2, 0) is 6.42 Å². The Balaban J connectivity index is 2.14. The van der Waals surface area contributed by atoms with Crippen molar-refractivity contribution in [3.05, 3.63) is 29.3 Å². The van der Waals surface area contributed by atoms with Crippen molar-refractivity contribution >= 4 is 0 Å². The van der Waals surface area contributed by atoms with Gasteiger partial charge in [0.2, 0.25) is 0 Å². The number of nitrogens with one attached hydrogen (secondary N) is 1. The fraction of sp³-hybridized carbons (Fsp3) is 0.571. The summed E-state index contributed by atoms with van der Waals surface area (Å²) >= 11 is 0. The number of aromatic hydroxyl groups is 1. The third kappa shape index (κ3) is 2.56. The molecule has 1 saturated heterocycles. The zero-order valence-corrected chi connectivity index (χ0v) is 10.2. The first-order valence-corrected chi connectivity index (χ1v) is 6.22. The molecule has 0 bridgehead atoms. The number of phenolic OH excluding ortho intramolecular Hbond substituents is 1. The molecule has 2 N–H and O–H groups in total. The van der Waals surface area contributed by atoms with Crippen LogP contribution in [0.2, 0.25) is 0 Å². The summed E-state index contributed by atoms with van der Waals surface area (Å²) in [6.07, 6.45) is 3.44. The second kappa shape index (κ2) is 4.88. The second-order valence-corrected chi connectivity index (χ2v) is 5.04. The summed E-state index contributed by atoms with van der Waals surface area (Å²) in [5, 5.41) is 13.3. The van der Waals surface area contributed by atoms with Crippen LogP contribution < -0.4 is 5.32 Å². The molecule has 1 unspecified atom stereocenters. The zero-order chi connectivity index (χ0) is 11.5. The highest BCUT2D eigenvalue weighted by Crippen LogP contribution is 2.25. The van der Waals surface area contributed by atoms with Crippen LogP contribution in [0.4, 0.5) is 0 Å². The monoisotopic (exact) mass is 219 g/mol. The molecule has 0 radical (unpaired) electrons. The molecule has 1 heterocycles. The Labute approximate surface area is 97.7 Å². The molecule has 1 aromatic carbocycles. The molecule has 0 saturated carbocycles. The lowest BCUT2D eigenvalue weighted by molar-refractivity contribution is 0.461. The third-order valence-electron chi connectivity index (χ3n) is 3.40. The van der Waals surface area contributed by atoms with Gasteiger partial charge in [-0.05, 0) is 48.9 Å². The van der Waals surface area contributed by atoms with E-state index in [9.17, 15) is 5.11 Å². The Morgan fingerprint density at radius 1 is 1.44 bits per heavy atom. The third-order valence-corrected chi connectivity index (χ3v) is 3.40. The lowest BCUT2D eigenvalue weighted by Gasteiger charge is -2.14. The predicted octanol–water partition coefficient (Wildman–Crippen LogP) is 2.81. The highest BCUT2D eigenvalue weighted by Gasteiger charge is 2.16. The largest absolute Gasteiger partial charge is 0.508 e. The van der Waals surface area contributed by atoms with Crippen molar-refractivity contribution in [1.82, 2.24) is 5.32 Å². The van der Waals surface area contributed by atoms with Crippen molar-refractivity contribution in [2.24, 2.45) is 0 Å². The fourth-order valence-electron chi connectivity index (χ4n) is 2.32. The van der Waals surface area contributed by atoms with E-state index in [1.165, 1.54) is 18.4 Å². The Morgan fingerprint density at radius 2 is 2.25 bits per heavy atom. The number of hydrogen-bond donors (Lipinski definition) is 2. The minimum Gasteiger partial charge on any atom is -0.508 e. The van der Waals surface area contributed by atoms with Gasteiger partial charge in [-0.1, -0.05) is 26.0 Å². The van der Waals surface area contributed by atoms with Crippen molar-refractivity contribution in [2.75, 3.05) is 6.54 Å². The van der Waals surface area contributed by atoms with Crippen LogP contribution in [0.3, 0.4) is 0 Å². The van der Waals surface area contributed by atoms with Crippen molar-refractivity contribution < 1.29 is 5.11 Å². The first-order chi connectivity index (χ1) is 7.66. The van der Waals surface area contributed by atoms with Crippen molar-refractivity contribution in [3.63, 3.8) is 0 Å². The number of hydrogen-bond acceptors (Lipinski definition) is 2. The van der Waals surface area contributed by atoms with Crippen molar-refractivity contribution in [1.29, 1.82) is 0 Å². The van der Waals surface area contributed by atoms with E-state index in [2.05, 4.69) is 25.2 Å². The van der Waals surface area contributed by atoms with Crippen LogP contribution in [0.5, 0.6) is 5.75 Å². The summed E-state index contributed by atoms with van der Waals surface area (Å²) in [6, 6.07) is 6.55. The van der Waals surface area contributed by atoms with Gasteiger partial charge in [-0.2, -0.15) is 0 Å². The van der Waals surface area contributed by atoms with Crippen molar-refractivity contribution in [2.45, 2.75) is 45.1 Å². The molecule has 1 aliphatic rings. The average Bonchev–Trinajstić information content (AvgIpc) is 2.73. The van der Waals surface area contributed by atoms with Crippen LogP contribution in [-0.4, -0.2) is 17.7 Å². The van der Waals surface area contributed by atoms with E-state index in [0.717, 1.165) is 18.5 Å². The molecule has 2 rings (SSSR count). The maximum absolute atomic E-state index is 9.85. The summed E-state index contributed by atoms with van der Waals surface area (Å²) in [5.41, 5.74) is 2.40. The van der Waals surface area contributed by atoms with E-state index in [4.69, 9.17) is 0 Å². The van der Waals surface area contributed by atoms with Crippen LogP contribution in [0.15, 0.2) is 18.2 Å². The van der Waals surface area contributed by atoms with Gasteiger partial charge in [-0.3, -0.25) is 0 Å². The maximum Gasteiger partial charge on any atom is 0.118 e. The zero-order valence-electron chi connectivity index (χ0n) is 10.2. The molecule has 0 aromatic heterocycles. The van der Waals surface area contributed by atoms with E-state index < -0.39 is 0 Å². The van der Waals surface area contributed by atoms with Gasteiger partial charge in [0.05, 0.1) is 0 Å². The summed E-state index contributed by atoms with van der Waals surface area (Å²) in [5.74, 6) is 0.967. The molecule has 1 aromatic rings. The van der Waals surface area contributed by atoms with Crippen LogP contribution in [0, 0.1) is 0 Å². The van der Waals surface area contributed by atoms with Gasteiger partial charge in [0, 0.05) is 6.04 Å². The normalized spacial score (nSPS) is 20.6. The molecule has 0 amide bonds. The van der Waals surface area contributed by atoms with Crippen molar-refractivity contribution in [3.8, 4) is 5.75 Å². The van der Waals surface area contributed by atoms with Gasteiger partial charge in [0.1, 0.15) is 5.75 Å². The van der Waals surface area contributed by atoms with Crippen LogP contribution in [0.25, 0.3) is 0 Å². The minimum absolute atomic E-state index is 0.443. The first-order valence-electron chi connectivity index (χ1n) is 6.22. The number of benzene rings is 1. The molecule has 0 aliphatic carbocycles. The summed E-state index contributed by atoms with van der Waals surface area (Å²) in [6.45, 7) is 5.49. The van der Waals surface area contributed by atoms with Gasteiger partial charge in [0.15, 0.2) is 0 Å². The molecule has 1 aliphatic heterocycles. The van der Waals surface area contributed by atoms with E-state index in [0.29, 0.717) is 17.7 Å². The van der Waals surface area contributed by atoms with Gasteiger partial charge in [-0.25, -0.2) is 0 Å². The Kier molecular flexibility index (Phi) is 3.49. The Hall–Kier alpha value is -1.02. The Morgan fingerprint density at radius 3 is 2.88 bits per heavy atom. The average molecular weight is 219 g/mol. The molecule has 1 atom stereocenters. The number of phenols is 1. The Bertz CT molecular complexity index is 354. The second-order valence-electron chi connectivity index (χ2n) is 5.04. The molecule has 2 nitrogen and oxygen atoms in total. The van der Waals surface area contributed by atoms with Gasteiger partial charge in [0.25, 0.3) is 0 Å². The molecule has 0 spiro atoms. The first kappa shape index (κ1) is 11.5. The molecular formula is C14H21NO. The van der Waals surface area contributed by atoms with E-state index in [1.54, 1.807) is 0 Å².